The Morgan fingerprint density at radius 3 is 2.29 bits per heavy atom. The van der Waals surface area contributed by atoms with E-state index < -0.39 is 6.08 Å². The van der Waals surface area contributed by atoms with Crippen molar-refractivity contribution in [2.75, 3.05) is 0 Å². The van der Waals surface area contributed by atoms with E-state index in [4.69, 9.17) is 0 Å². The highest BCUT2D eigenvalue weighted by Gasteiger charge is 2.26. The molecule has 0 atom stereocenters. The van der Waals surface area contributed by atoms with Gasteiger partial charge in [0.05, 0.1) is 0 Å². The first kappa shape index (κ1) is 18.6. The van der Waals surface area contributed by atoms with Crippen molar-refractivity contribution >= 4 is 0 Å². The topological polar surface area (TPSA) is 0 Å². The molecule has 0 saturated heterocycles. The van der Waals surface area contributed by atoms with Gasteiger partial charge in [-0.15, -0.1) is 0 Å². The minimum Gasteiger partial charge on any atom is -0.174 e. The average molecular weight is 330 g/mol. The van der Waals surface area contributed by atoms with E-state index >= 15 is 0 Å². The largest absolute Gasteiger partial charge is 0.266 e. The average Bonchev–Trinajstić information content (AvgIpc) is 2.61. The molecule has 2 rings (SSSR count). The predicted octanol–water partition coefficient (Wildman–Crippen LogP) is 7.41. The number of halogens is 2. The van der Waals surface area contributed by atoms with Crippen LogP contribution in [0.15, 0.2) is 66.8 Å². The van der Waals surface area contributed by atoms with E-state index in [2.05, 4.69) is 43.4 Å². The summed E-state index contributed by atoms with van der Waals surface area (Å²) in [6, 6.07) is 10.3. The fourth-order valence-corrected chi connectivity index (χ4v) is 3.34. The lowest BCUT2D eigenvalue weighted by atomic mass is 9.74. The molecular formula is C22H28F2. The molecular weight excluding hydrogens is 302 g/mol. The standard InChI is InChI=1S/C22H28F2/c1-2-3-4-5-9-15-22(18-14-21(23)24)16-12-20(13-17-22)19-10-7-6-8-11-19/h6-8,10-14,16-17,20H,2-5,9,15,18H2,1H3. The van der Waals surface area contributed by atoms with E-state index in [-0.39, 0.29) is 11.3 Å². The molecule has 1 aromatic carbocycles. The number of unbranched alkanes of at least 4 members (excludes halogenated alkanes) is 4. The first-order chi connectivity index (χ1) is 11.7. The smallest absolute Gasteiger partial charge is 0.174 e. The molecule has 0 saturated carbocycles. The van der Waals surface area contributed by atoms with Crippen molar-refractivity contribution in [1.29, 1.82) is 0 Å². The molecule has 0 nitrogen and oxygen atoms in total. The van der Waals surface area contributed by atoms with Crippen LogP contribution in [0.1, 0.15) is 63.4 Å². The third kappa shape index (κ3) is 5.74. The lowest BCUT2D eigenvalue weighted by molar-refractivity contribution is 0.386. The van der Waals surface area contributed by atoms with E-state index in [1.165, 1.54) is 31.2 Å². The summed E-state index contributed by atoms with van der Waals surface area (Å²) in [6.07, 6.45) is 15.5. The van der Waals surface area contributed by atoms with Crippen molar-refractivity contribution in [1.82, 2.24) is 0 Å². The van der Waals surface area contributed by atoms with Crippen LogP contribution in [-0.2, 0) is 0 Å². The monoisotopic (exact) mass is 330 g/mol. The van der Waals surface area contributed by atoms with Crippen molar-refractivity contribution in [2.45, 2.75) is 57.8 Å². The minimum atomic E-state index is -1.58. The Bertz CT molecular complexity index is 551. The van der Waals surface area contributed by atoms with E-state index in [9.17, 15) is 8.78 Å². The van der Waals surface area contributed by atoms with Gasteiger partial charge in [-0.05, 0) is 24.5 Å². The number of benzene rings is 1. The molecule has 0 heterocycles. The number of allylic oxidation sites excluding steroid dienone is 5. The molecule has 1 aliphatic carbocycles. The second kappa shape index (κ2) is 9.56. The Kier molecular flexibility index (Phi) is 7.42. The van der Waals surface area contributed by atoms with Crippen molar-refractivity contribution in [2.24, 2.45) is 5.41 Å². The van der Waals surface area contributed by atoms with E-state index in [1.54, 1.807) is 0 Å². The third-order valence-corrected chi connectivity index (χ3v) is 4.84. The Morgan fingerprint density at radius 1 is 1.00 bits per heavy atom. The second-order valence-corrected chi connectivity index (χ2v) is 6.75. The predicted molar refractivity (Wildman–Crippen MR) is 98.2 cm³/mol. The molecule has 0 aliphatic heterocycles. The highest BCUT2D eigenvalue weighted by molar-refractivity contribution is 5.34. The Morgan fingerprint density at radius 2 is 1.67 bits per heavy atom. The van der Waals surface area contributed by atoms with Crippen LogP contribution >= 0.6 is 0 Å². The summed E-state index contributed by atoms with van der Waals surface area (Å²) in [4.78, 5) is 0. The van der Waals surface area contributed by atoms with Crippen LogP contribution in [0.2, 0.25) is 0 Å². The fourth-order valence-electron chi connectivity index (χ4n) is 3.34. The summed E-state index contributed by atoms with van der Waals surface area (Å²) in [5, 5.41) is 0. The molecule has 0 spiro atoms. The molecule has 0 radical (unpaired) electrons. The van der Waals surface area contributed by atoms with Gasteiger partial charge in [0.2, 0.25) is 0 Å². The third-order valence-electron chi connectivity index (χ3n) is 4.84. The van der Waals surface area contributed by atoms with Crippen LogP contribution in [0.25, 0.3) is 0 Å². The maximum Gasteiger partial charge on any atom is 0.266 e. The molecule has 24 heavy (non-hydrogen) atoms. The minimum absolute atomic E-state index is 0.249. The van der Waals surface area contributed by atoms with Crippen molar-refractivity contribution in [3.05, 3.63) is 72.4 Å². The van der Waals surface area contributed by atoms with Gasteiger partial charge in [0.15, 0.2) is 0 Å². The highest BCUT2D eigenvalue weighted by atomic mass is 19.3. The summed E-state index contributed by atoms with van der Waals surface area (Å²) in [5.41, 5.74) is 0.995. The molecule has 1 aliphatic rings. The fraction of sp³-hybridized carbons (Fsp3) is 0.455. The summed E-state index contributed by atoms with van der Waals surface area (Å²) in [5.74, 6) is 0.249. The van der Waals surface area contributed by atoms with Gasteiger partial charge in [-0.2, -0.15) is 8.78 Å². The zero-order valence-corrected chi connectivity index (χ0v) is 14.6. The number of hydrogen-bond donors (Lipinski definition) is 0. The molecule has 0 bridgehead atoms. The van der Waals surface area contributed by atoms with Gasteiger partial charge in [-0.3, -0.25) is 0 Å². The van der Waals surface area contributed by atoms with Crippen molar-refractivity contribution < 1.29 is 8.78 Å². The van der Waals surface area contributed by atoms with Crippen LogP contribution in [0.5, 0.6) is 0 Å². The number of hydrogen-bond acceptors (Lipinski definition) is 0. The first-order valence-electron chi connectivity index (χ1n) is 9.10. The lowest BCUT2D eigenvalue weighted by Crippen LogP contribution is -2.17. The van der Waals surface area contributed by atoms with Crippen molar-refractivity contribution in [3.8, 4) is 0 Å². The van der Waals surface area contributed by atoms with E-state index in [0.29, 0.717) is 6.42 Å². The van der Waals surface area contributed by atoms with Crippen LogP contribution < -0.4 is 0 Å². The molecule has 1 aromatic rings. The van der Waals surface area contributed by atoms with Gasteiger partial charge in [0, 0.05) is 11.3 Å². The van der Waals surface area contributed by atoms with Gasteiger partial charge in [0.1, 0.15) is 0 Å². The van der Waals surface area contributed by atoms with E-state index in [1.807, 2.05) is 18.2 Å². The quantitative estimate of drug-likeness (QED) is 0.326. The zero-order chi connectivity index (χ0) is 17.3. The van der Waals surface area contributed by atoms with Crippen LogP contribution in [0.4, 0.5) is 8.78 Å². The maximum atomic E-state index is 12.6. The number of rotatable bonds is 9. The molecule has 0 N–H and O–H groups in total. The Balaban J connectivity index is 2.02. The SMILES string of the molecule is CCCCCCCC1(CC=C(F)F)C=CC(c2ccccc2)C=C1. The summed E-state index contributed by atoms with van der Waals surface area (Å²) >= 11 is 0. The Labute approximate surface area is 145 Å². The summed E-state index contributed by atoms with van der Waals surface area (Å²) in [7, 11) is 0. The van der Waals surface area contributed by atoms with Gasteiger partial charge in [0.25, 0.3) is 6.08 Å². The summed E-state index contributed by atoms with van der Waals surface area (Å²) < 4.78 is 25.2. The second-order valence-electron chi connectivity index (χ2n) is 6.75. The molecule has 2 heteroatoms. The normalized spacial score (nSPS) is 22.5. The first-order valence-corrected chi connectivity index (χ1v) is 9.10. The van der Waals surface area contributed by atoms with Crippen LogP contribution in [0, 0.1) is 5.41 Å². The summed E-state index contributed by atoms with van der Waals surface area (Å²) in [6.45, 7) is 2.20. The molecule has 0 unspecified atom stereocenters. The van der Waals surface area contributed by atoms with Crippen molar-refractivity contribution in [3.63, 3.8) is 0 Å². The van der Waals surface area contributed by atoms with Gasteiger partial charge < -0.3 is 0 Å². The van der Waals surface area contributed by atoms with Gasteiger partial charge in [-0.25, -0.2) is 0 Å². The Hall–Kier alpha value is -1.70. The molecule has 0 amide bonds. The molecule has 130 valence electrons. The maximum absolute atomic E-state index is 12.6. The van der Waals surface area contributed by atoms with Crippen LogP contribution in [0.3, 0.4) is 0 Å². The lowest BCUT2D eigenvalue weighted by Gasteiger charge is -2.30. The van der Waals surface area contributed by atoms with Crippen LogP contribution in [-0.4, -0.2) is 0 Å². The molecule has 0 fully saturated rings. The van der Waals surface area contributed by atoms with Gasteiger partial charge >= 0.3 is 0 Å². The highest BCUT2D eigenvalue weighted by Crippen LogP contribution is 2.39. The van der Waals surface area contributed by atoms with E-state index in [0.717, 1.165) is 18.9 Å². The molecule has 0 aromatic heterocycles. The zero-order valence-electron chi connectivity index (χ0n) is 14.6. The van der Waals surface area contributed by atoms with Gasteiger partial charge in [-0.1, -0.05) is 93.7 Å².